The molecule has 4 N–H and O–H groups in total. The zero-order valence-electron chi connectivity index (χ0n) is 17.4. The van der Waals surface area contributed by atoms with Crippen LogP contribution in [0.25, 0.3) is 33.4 Å². The minimum atomic E-state index is -0.585. The number of aromatic amines is 1. The van der Waals surface area contributed by atoms with E-state index in [1.807, 2.05) is 24.3 Å². The molecular formula is C24H20FN7O. The summed E-state index contributed by atoms with van der Waals surface area (Å²) >= 11 is 0. The standard InChI is InChI=1S/C24H20FN7O/c25-17-3-1-16(2-4-17)23-22(15-7-9-27-10-8-15)20-5-6-21(29-24(20)30-23)31-32-12-19(28-14-32)11-18(26)13-33/h1-10,12-14,18H,11,26H2,(H2,29,30,31)/t18-/m0/s1. The number of anilines is 1. The molecule has 0 fully saturated rings. The summed E-state index contributed by atoms with van der Waals surface area (Å²) in [6.45, 7) is 0. The average Bonchev–Trinajstić information content (AvgIpc) is 3.44. The Kier molecular flexibility index (Phi) is 5.37. The first-order valence-electron chi connectivity index (χ1n) is 10.3. The Hall–Kier alpha value is -4.37. The molecule has 0 radical (unpaired) electrons. The van der Waals surface area contributed by atoms with Crippen molar-refractivity contribution in [3.63, 3.8) is 0 Å². The summed E-state index contributed by atoms with van der Waals surface area (Å²) in [6, 6.07) is 13.5. The number of hydrogen-bond donors (Lipinski definition) is 3. The summed E-state index contributed by atoms with van der Waals surface area (Å²) in [7, 11) is 0. The number of pyridine rings is 2. The predicted molar refractivity (Wildman–Crippen MR) is 124 cm³/mol. The van der Waals surface area contributed by atoms with Crippen molar-refractivity contribution in [3.05, 3.63) is 85.0 Å². The maximum absolute atomic E-state index is 13.5. The van der Waals surface area contributed by atoms with Gasteiger partial charge in [-0.1, -0.05) is 0 Å². The lowest BCUT2D eigenvalue weighted by molar-refractivity contribution is -0.108. The van der Waals surface area contributed by atoms with Crippen LogP contribution in [0.2, 0.25) is 0 Å². The number of benzene rings is 1. The van der Waals surface area contributed by atoms with Crippen molar-refractivity contribution in [2.75, 3.05) is 5.43 Å². The first kappa shape index (κ1) is 20.5. The van der Waals surface area contributed by atoms with Crippen molar-refractivity contribution < 1.29 is 9.18 Å². The molecule has 33 heavy (non-hydrogen) atoms. The van der Waals surface area contributed by atoms with Gasteiger partial charge in [0.05, 0.1) is 17.4 Å². The van der Waals surface area contributed by atoms with E-state index >= 15 is 0 Å². The van der Waals surface area contributed by atoms with Gasteiger partial charge in [-0.3, -0.25) is 10.4 Å². The van der Waals surface area contributed by atoms with Crippen LogP contribution in [-0.4, -0.2) is 36.9 Å². The van der Waals surface area contributed by atoms with Gasteiger partial charge < -0.3 is 15.5 Å². The Balaban J connectivity index is 1.53. The number of aromatic nitrogens is 5. The topological polar surface area (TPSA) is 115 Å². The molecule has 0 bridgehead atoms. The molecule has 0 aliphatic carbocycles. The molecule has 0 aliphatic heterocycles. The van der Waals surface area contributed by atoms with E-state index in [4.69, 9.17) is 10.7 Å². The average molecular weight is 441 g/mol. The molecule has 0 amide bonds. The minimum Gasteiger partial charge on any atom is -0.339 e. The fourth-order valence-electron chi connectivity index (χ4n) is 3.74. The van der Waals surface area contributed by atoms with Crippen LogP contribution < -0.4 is 11.2 Å². The maximum atomic E-state index is 13.5. The van der Waals surface area contributed by atoms with E-state index in [1.165, 1.54) is 12.1 Å². The van der Waals surface area contributed by atoms with Crippen LogP contribution in [0.5, 0.6) is 0 Å². The number of carbonyl (C=O) groups is 1. The number of nitrogens with two attached hydrogens (primary N) is 1. The van der Waals surface area contributed by atoms with Gasteiger partial charge in [0.1, 0.15) is 29.9 Å². The number of rotatable bonds is 7. The van der Waals surface area contributed by atoms with Crippen molar-refractivity contribution in [3.8, 4) is 22.4 Å². The van der Waals surface area contributed by atoms with Crippen LogP contribution in [0.15, 0.2) is 73.4 Å². The van der Waals surface area contributed by atoms with Gasteiger partial charge >= 0.3 is 0 Å². The van der Waals surface area contributed by atoms with Crippen molar-refractivity contribution >= 4 is 23.1 Å². The van der Waals surface area contributed by atoms with Crippen molar-refractivity contribution in [2.45, 2.75) is 12.5 Å². The second-order valence-corrected chi connectivity index (χ2v) is 7.60. The number of nitrogens with zero attached hydrogens (tertiary/aromatic N) is 4. The molecule has 1 aromatic carbocycles. The number of fused-ring (bicyclic) bond motifs is 1. The Morgan fingerprint density at radius 2 is 1.88 bits per heavy atom. The third-order valence-electron chi connectivity index (χ3n) is 5.26. The summed E-state index contributed by atoms with van der Waals surface area (Å²) in [5.41, 5.74) is 13.8. The third-order valence-corrected chi connectivity index (χ3v) is 5.26. The first-order chi connectivity index (χ1) is 16.1. The van der Waals surface area contributed by atoms with E-state index in [1.54, 1.807) is 41.7 Å². The highest BCUT2D eigenvalue weighted by atomic mass is 19.1. The van der Waals surface area contributed by atoms with E-state index in [0.29, 0.717) is 29.9 Å². The van der Waals surface area contributed by atoms with Crippen LogP contribution in [0.1, 0.15) is 5.69 Å². The number of aldehydes is 1. The first-order valence-corrected chi connectivity index (χ1v) is 10.3. The minimum absolute atomic E-state index is 0.293. The number of halogens is 1. The highest BCUT2D eigenvalue weighted by molar-refractivity contribution is 6.02. The molecule has 0 saturated carbocycles. The van der Waals surface area contributed by atoms with Gasteiger partial charge in [-0.2, -0.15) is 0 Å². The Labute approximate surface area is 188 Å². The van der Waals surface area contributed by atoms with Crippen LogP contribution >= 0.6 is 0 Å². The number of nitrogens with one attached hydrogen (secondary N) is 2. The third kappa shape index (κ3) is 4.21. The van der Waals surface area contributed by atoms with Gasteiger partial charge in [0.2, 0.25) is 0 Å². The SMILES string of the molecule is N[C@H](C=O)Cc1cn(Nc2ccc3c(-c4ccncc4)c(-c4ccc(F)cc4)[nH]c3n2)cn1. The summed E-state index contributed by atoms with van der Waals surface area (Å²) < 4.78 is 15.2. The molecule has 4 heterocycles. The van der Waals surface area contributed by atoms with Gasteiger partial charge in [0.25, 0.3) is 0 Å². The van der Waals surface area contributed by atoms with E-state index in [0.717, 1.165) is 27.8 Å². The van der Waals surface area contributed by atoms with Gasteiger partial charge in [0, 0.05) is 36.0 Å². The highest BCUT2D eigenvalue weighted by Gasteiger charge is 2.17. The second-order valence-electron chi connectivity index (χ2n) is 7.60. The van der Waals surface area contributed by atoms with Crippen molar-refractivity contribution in [2.24, 2.45) is 5.73 Å². The molecule has 0 unspecified atom stereocenters. The number of hydrogen-bond acceptors (Lipinski definition) is 6. The van der Waals surface area contributed by atoms with E-state index in [2.05, 4.69) is 20.4 Å². The molecule has 164 valence electrons. The summed E-state index contributed by atoms with van der Waals surface area (Å²) in [5.74, 6) is 0.304. The molecule has 9 heteroatoms. The van der Waals surface area contributed by atoms with Crippen LogP contribution in [-0.2, 0) is 11.2 Å². The van der Waals surface area contributed by atoms with E-state index in [9.17, 15) is 9.18 Å². The zero-order chi connectivity index (χ0) is 22.8. The summed E-state index contributed by atoms with van der Waals surface area (Å²) in [5, 5.41) is 0.925. The van der Waals surface area contributed by atoms with Gasteiger partial charge in [-0.15, -0.1) is 0 Å². The van der Waals surface area contributed by atoms with Gasteiger partial charge in [0.15, 0.2) is 0 Å². The quantitative estimate of drug-likeness (QED) is 0.333. The maximum Gasteiger partial charge on any atom is 0.147 e. The van der Waals surface area contributed by atoms with E-state index in [-0.39, 0.29) is 5.82 Å². The zero-order valence-corrected chi connectivity index (χ0v) is 17.4. The lowest BCUT2D eigenvalue weighted by Crippen LogP contribution is -2.24. The van der Waals surface area contributed by atoms with Crippen LogP contribution in [0.3, 0.4) is 0 Å². The number of carbonyl (C=O) groups excluding carboxylic acids is 1. The molecule has 0 spiro atoms. The highest BCUT2D eigenvalue weighted by Crippen LogP contribution is 2.38. The molecule has 5 rings (SSSR count). The predicted octanol–water partition coefficient (Wildman–Crippen LogP) is 3.57. The second kappa shape index (κ2) is 8.64. The lowest BCUT2D eigenvalue weighted by atomic mass is 10.00. The number of imidazole rings is 1. The molecular weight excluding hydrogens is 421 g/mol. The van der Waals surface area contributed by atoms with Crippen LogP contribution in [0.4, 0.5) is 10.2 Å². The van der Waals surface area contributed by atoms with E-state index < -0.39 is 6.04 Å². The Morgan fingerprint density at radius 1 is 1.09 bits per heavy atom. The van der Waals surface area contributed by atoms with Crippen LogP contribution in [0, 0.1) is 5.82 Å². The molecule has 5 aromatic rings. The fraction of sp³-hybridized carbons (Fsp3) is 0.0833. The van der Waals surface area contributed by atoms with Crippen molar-refractivity contribution in [1.29, 1.82) is 0 Å². The smallest absolute Gasteiger partial charge is 0.147 e. The fourth-order valence-corrected chi connectivity index (χ4v) is 3.74. The monoisotopic (exact) mass is 441 g/mol. The molecule has 4 aromatic heterocycles. The summed E-state index contributed by atoms with van der Waals surface area (Å²) in [4.78, 5) is 27.3. The normalized spacial score (nSPS) is 12.1. The van der Waals surface area contributed by atoms with Crippen molar-refractivity contribution in [1.82, 2.24) is 24.6 Å². The largest absolute Gasteiger partial charge is 0.339 e. The van der Waals surface area contributed by atoms with Gasteiger partial charge in [-0.05, 0) is 59.7 Å². The Morgan fingerprint density at radius 3 is 2.64 bits per heavy atom. The molecule has 8 nitrogen and oxygen atoms in total. The van der Waals surface area contributed by atoms with Gasteiger partial charge in [-0.25, -0.2) is 19.0 Å². The molecule has 1 atom stereocenters. The number of H-pyrrole nitrogens is 1. The Bertz CT molecular complexity index is 1410. The molecule has 0 aliphatic rings. The molecule has 0 saturated heterocycles. The lowest BCUT2D eigenvalue weighted by Gasteiger charge is -2.07. The summed E-state index contributed by atoms with van der Waals surface area (Å²) in [6.07, 6.45) is 7.89.